The summed E-state index contributed by atoms with van der Waals surface area (Å²) in [6.45, 7) is 3.87. The zero-order valence-electron chi connectivity index (χ0n) is 8.04. The summed E-state index contributed by atoms with van der Waals surface area (Å²) in [5.41, 5.74) is 0. The van der Waals surface area contributed by atoms with Crippen LogP contribution >= 0.6 is 8.60 Å². The van der Waals surface area contributed by atoms with E-state index >= 15 is 0 Å². The molecule has 2 N–H and O–H groups in total. The van der Waals surface area contributed by atoms with Gasteiger partial charge in [0.2, 0.25) is 0 Å². The summed E-state index contributed by atoms with van der Waals surface area (Å²) in [4.78, 5) is 17.2. The van der Waals surface area contributed by atoms with Gasteiger partial charge in [0, 0.05) is 0 Å². The number of hydrogen-bond acceptors (Lipinski definition) is 4. The molecule has 0 saturated carbocycles. The number of benzene rings is 1. The molecule has 5 heteroatoms. The van der Waals surface area contributed by atoms with Crippen LogP contribution < -0.4 is 9.26 Å². The van der Waals surface area contributed by atoms with Crippen LogP contribution in [-0.2, 0) is 0 Å². The maximum absolute atomic E-state index is 8.59. The molecule has 0 heterocycles. The van der Waals surface area contributed by atoms with E-state index in [1.807, 2.05) is 13.8 Å². The second kappa shape index (κ2) is 5.15. The van der Waals surface area contributed by atoms with Crippen LogP contribution in [0.15, 0.2) is 24.3 Å². The van der Waals surface area contributed by atoms with Gasteiger partial charge in [0.05, 0.1) is 6.10 Å². The lowest BCUT2D eigenvalue weighted by Crippen LogP contribution is -2.05. The van der Waals surface area contributed by atoms with Gasteiger partial charge in [-0.25, -0.2) is 0 Å². The van der Waals surface area contributed by atoms with Gasteiger partial charge < -0.3 is 19.0 Å². The monoisotopic (exact) mass is 216 g/mol. The van der Waals surface area contributed by atoms with E-state index < -0.39 is 8.60 Å². The molecular weight excluding hydrogens is 203 g/mol. The molecule has 4 nitrogen and oxygen atoms in total. The molecule has 0 aliphatic heterocycles. The van der Waals surface area contributed by atoms with Crippen molar-refractivity contribution in [1.29, 1.82) is 0 Å². The van der Waals surface area contributed by atoms with Gasteiger partial charge in [-0.1, -0.05) is 0 Å². The number of ether oxygens (including phenoxy) is 1. The fraction of sp³-hybridized carbons (Fsp3) is 0.333. The summed E-state index contributed by atoms with van der Waals surface area (Å²) in [7, 11) is -2.34. The van der Waals surface area contributed by atoms with Crippen molar-refractivity contribution < 1.29 is 19.0 Å². The molecule has 78 valence electrons. The smallest absolute Gasteiger partial charge is 0.391 e. The highest BCUT2D eigenvalue weighted by atomic mass is 31.2. The van der Waals surface area contributed by atoms with Crippen molar-refractivity contribution >= 4 is 8.60 Å². The molecule has 0 unspecified atom stereocenters. The van der Waals surface area contributed by atoms with Crippen molar-refractivity contribution in [2.75, 3.05) is 0 Å². The van der Waals surface area contributed by atoms with Gasteiger partial charge >= 0.3 is 8.60 Å². The zero-order chi connectivity index (χ0) is 10.6. The Labute approximate surface area is 84.1 Å². The Hall–Kier alpha value is -0.830. The molecule has 14 heavy (non-hydrogen) atoms. The van der Waals surface area contributed by atoms with Crippen LogP contribution in [0, 0.1) is 0 Å². The molecule has 1 aromatic carbocycles. The van der Waals surface area contributed by atoms with E-state index in [1.54, 1.807) is 24.3 Å². The molecule has 0 spiro atoms. The highest BCUT2D eigenvalue weighted by Crippen LogP contribution is 2.29. The maximum Gasteiger partial charge on any atom is 0.391 e. The molecule has 0 fully saturated rings. The highest BCUT2D eigenvalue weighted by molar-refractivity contribution is 7.39. The third-order valence-electron chi connectivity index (χ3n) is 1.38. The Morgan fingerprint density at radius 1 is 1.07 bits per heavy atom. The Bertz CT molecular complexity index is 242. The Morgan fingerprint density at radius 3 is 2.00 bits per heavy atom. The highest BCUT2D eigenvalue weighted by Gasteiger charge is 2.03. The Kier molecular flexibility index (Phi) is 4.14. The summed E-state index contributed by atoms with van der Waals surface area (Å²) < 4.78 is 10.1. The fourth-order valence-corrected chi connectivity index (χ4v) is 1.26. The standard InChI is InChI=1S/C9H13O4P/c1-7(2)12-8-3-5-9(6-4-8)13-14(10)11/h3-7,10-11H,1-2H3. The SMILES string of the molecule is CC(C)Oc1ccc(OP(O)O)cc1. The van der Waals surface area contributed by atoms with Crippen LogP contribution in [-0.4, -0.2) is 15.9 Å². The lowest BCUT2D eigenvalue weighted by atomic mass is 10.3. The van der Waals surface area contributed by atoms with Gasteiger partial charge in [-0.05, 0) is 38.1 Å². The average Bonchev–Trinajstić information content (AvgIpc) is 2.06. The first-order chi connectivity index (χ1) is 6.58. The molecule has 0 bridgehead atoms. The first-order valence-corrected chi connectivity index (χ1v) is 5.37. The lowest BCUT2D eigenvalue weighted by molar-refractivity contribution is 0.242. The van der Waals surface area contributed by atoms with Crippen LogP contribution in [0.5, 0.6) is 11.5 Å². The first-order valence-electron chi connectivity index (χ1n) is 4.20. The molecule has 0 saturated heterocycles. The molecular formula is C9H13O4P. The van der Waals surface area contributed by atoms with Gasteiger partial charge in [0.1, 0.15) is 11.5 Å². The molecule has 1 rings (SSSR count). The largest absolute Gasteiger partial charge is 0.491 e. The minimum atomic E-state index is -2.34. The lowest BCUT2D eigenvalue weighted by Gasteiger charge is -2.10. The molecule has 0 aromatic heterocycles. The van der Waals surface area contributed by atoms with Crippen LogP contribution in [0.2, 0.25) is 0 Å². The van der Waals surface area contributed by atoms with Crippen molar-refractivity contribution in [2.24, 2.45) is 0 Å². The van der Waals surface area contributed by atoms with E-state index in [-0.39, 0.29) is 6.10 Å². The van der Waals surface area contributed by atoms with Crippen LogP contribution in [0.3, 0.4) is 0 Å². The van der Waals surface area contributed by atoms with Crippen molar-refractivity contribution in [3.63, 3.8) is 0 Å². The van der Waals surface area contributed by atoms with Crippen LogP contribution in [0.4, 0.5) is 0 Å². The van der Waals surface area contributed by atoms with E-state index in [2.05, 4.69) is 0 Å². The molecule has 0 radical (unpaired) electrons. The Balaban J connectivity index is 2.59. The summed E-state index contributed by atoms with van der Waals surface area (Å²) in [6.07, 6.45) is 0.120. The van der Waals surface area contributed by atoms with Crippen LogP contribution in [0.1, 0.15) is 13.8 Å². The zero-order valence-corrected chi connectivity index (χ0v) is 8.94. The molecule has 0 amide bonds. The normalized spacial score (nSPS) is 10.7. The molecule has 0 aliphatic carbocycles. The molecule has 1 aromatic rings. The van der Waals surface area contributed by atoms with Gasteiger partial charge in [0.25, 0.3) is 0 Å². The summed E-state index contributed by atoms with van der Waals surface area (Å²) in [5.74, 6) is 1.14. The predicted octanol–water partition coefficient (Wildman–Crippen LogP) is 2.06. The first kappa shape index (κ1) is 11.2. The van der Waals surface area contributed by atoms with Crippen LogP contribution in [0.25, 0.3) is 0 Å². The summed E-state index contributed by atoms with van der Waals surface area (Å²) in [5, 5.41) is 0. The summed E-state index contributed by atoms with van der Waals surface area (Å²) in [6, 6.07) is 6.68. The predicted molar refractivity (Wildman–Crippen MR) is 54.2 cm³/mol. The second-order valence-electron chi connectivity index (χ2n) is 2.98. The molecule has 0 atom stereocenters. The van der Waals surface area contributed by atoms with E-state index in [1.165, 1.54) is 0 Å². The van der Waals surface area contributed by atoms with Gasteiger partial charge in [-0.3, -0.25) is 0 Å². The minimum absolute atomic E-state index is 0.120. The molecule has 0 aliphatic rings. The third-order valence-corrected chi connectivity index (χ3v) is 1.76. The maximum atomic E-state index is 8.59. The topological polar surface area (TPSA) is 58.9 Å². The fourth-order valence-electron chi connectivity index (χ4n) is 0.946. The third kappa shape index (κ3) is 3.92. The number of rotatable bonds is 4. The van der Waals surface area contributed by atoms with Crippen molar-refractivity contribution in [1.82, 2.24) is 0 Å². The quantitative estimate of drug-likeness (QED) is 0.756. The minimum Gasteiger partial charge on any atom is -0.491 e. The Morgan fingerprint density at radius 2 is 1.57 bits per heavy atom. The van der Waals surface area contributed by atoms with E-state index in [0.717, 1.165) is 5.75 Å². The van der Waals surface area contributed by atoms with Gasteiger partial charge in [-0.2, -0.15) is 0 Å². The van der Waals surface area contributed by atoms with E-state index in [0.29, 0.717) is 5.75 Å². The number of hydrogen-bond donors (Lipinski definition) is 2. The van der Waals surface area contributed by atoms with E-state index in [4.69, 9.17) is 19.0 Å². The average molecular weight is 216 g/mol. The van der Waals surface area contributed by atoms with Crippen molar-refractivity contribution in [3.8, 4) is 11.5 Å². The second-order valence-corrected chi connectivity index (χ2v) is 3.67. The van der Waals surface area contributed by atoms with Gasteiger partial charge in [-0.15, -0.1) is 0 Å². The van der Waals surface area contributed by atoms with Crippen molar-refractivity contribution in [2.45, 2.75) is 20.0 Å². The summed E-state index contributed by atoms with van der Waals surface area (Å²) >= 11 is 0. The van der Waals surface area contributed by atoms with E-state index in [9.17, 15) is 0 Å². The van der Waals surface area contributed by atoms with Gasteiger partial charge in [0.15, 0.2) is 0 Å². The van der Waals surface area contributed by atoms with Crippen molar-refractivity contribution in [3.05, 3.63) is 24.3 Å².